The van der Waals surface area contributed by atoms with Gasteiger partial charge in [0.05, 0.1) is 17.6 Å². The van der Waals surface area contributed by atoms with Crippen molar-refractivity contribution in [3.05, 3.63) is 103 Å². The zero-order valence-electron chi connectivity index (χ0n) is 16.6. The predicted octanol–water partition coefficient (Wildman–Crippen LogP) is 6.26. The summed E-state index contributed by atoms with van der Waals surface area (Å²) in [5.74, 6) is 0. The highest BCUT2D eigenvalue weighted by atomic mass is 31.2. The number of aromatic nitrogens is 1. The summed E-state index contributed by atoms with van der Waals surface area (Å²) in [7, 11) is -3.17. The van der Waals surface area contributed by atoms with E-state index in [9.17, 15) is 0 Å². The Labute approximate surface area is 180 Å². The van der Waals surface area contributed by atoms with Gasteiger partial charge in [0.15, 0.2) is 0 Å². The number of fused-ring (bicyclic) bond motifs is 13. The molecule has 0 aliphatic carbocycles. The van der Waals surface area contributed by atoms with E-state index >= 15 is 4.57 Å². The van der Waals surface area contributed by atoms with Gasteiger partial charge in [0, 0.05) is 33.3 Å². The molecule has 2 aliphatic rings. The Morgan fingerprint density at radius 3 is 2.13 bits per heavy atom. The Bertz CT molecular complexity index is 1590. The molecule has 146 valence electrons. The molecule has 7 rings (SSSR count). The molecule has 5 aromatic rings. The largest absolute Gasteiger partial charge is 0.289 e. The summed E-state index contributed by atoms with van der Waals surface area (Å²) in [6.07, 6.45) is 3.67. The molecule has 2 aliphatic heterocycles. The molecule has 3 heterocycles. The van der Waals surface area contributed by atoms with Gasteiger partial charge in [0.2, 0.25) is 7.29 Å². The average Bonchev–Trinajstić information content (AvgIpc) is 2.84. The van der Waals surface area contributed by atoms with Crippen LogP contribution >= 0.6 is 7.29 Å². The van der Waals surface area contributed by atoms with Crippen molar-refractivity contribution in [1.29, 1.82) is 0 Å². The van der Waals surface area contributed by atoms with Gasteiger partial charge in [-0.3, -0.25) is 14.2 Å². The second-order valence-corrected chi connectivity index (χ2v) is 10.5. The van der Waals surface area contributed by atoms with Gasteiger partial charge >= 0.3 is 0 Å². The fraction of sp³-hybridized carbons (Fsp3) is 0. The highest BCUT2D eigenvalue weighted by Gasteiger charge is 2.48. The van der Waals surface area contributed by atoms with Crippen LogP contribution in [-0.4, -0.2) is 4.98 Å². The number of rotatable bonds is 0. The molecular formula is C27H17N2OP. The Morgan fingerprint density at radius 1 is 0.645 bits per heavy atom. The molecule has 3 nitrogen and oxygen atoms in total. The molecule has 4 aromatic carbocycles. The summed E-state index contributed by atoms with van der Waals surface area (Å²) < 4.78 is 17.4. The first kappa shape index (κ1) is 17.0. The van der Waals surface area contributed by atoms with Crippen LogP contribution in [0.3, 0.4) is 0 Å². The summed E-state index contributed by atoms with van der Waals surface area (Å²) in [6.45, 7) is 0. The van der Waals surface area contributed by atoms with Crippen molar-refractivity contribution in [2.45, 2.75) is 0 Å². The molecule has 0 bridgehead atoms. The van der Waals surface area contributed by atoms with E-state index in [2.05, 4.69) is 52.1 Å². The van der Waals surface area contributed by atoms with Gasteiger partial charge in [-0.15, -0.1) is 0 Å². The van der Waals surface area contributed by atoms with Crippen LogP contribution in [0.4, 0.5) is 11.4 Å². The predicted molar refractivity (Wildman–Crippen MR) is 128 cm³/mol. The van der Waals surface area contributed by atoms with Gasteiger partial charge in [-0.05, 0) is 34.7 Å². The molecule has 0 spiro atoms. The van der Waals surface area contributed by atoms with Gasteiger partial charge < -0.3 is 0 Å². The molecule has 1 unspecified atom stereocenters. The monoisotopic (exact) mass is 416 g/mol. The van der Waals surface area contributed by atoms with Crippen LogP contribution in [-0.2, 0) is 4.57 Å². The first-order valence-corrected chi connectivity index (χ1v) is 12.0. The molecule has 0 saturated carbocycles. The lowest BCUT2D eigenvalue weighted by Crippen LogP contribution is -2.37. The zero-order valence-corrected chi connectivity index (χ0v) is 17.5. The van der Waals surface area contributed by atoms with Crippen LogP contribution in [0.25, 0.3) is 33.0 Å². The van der Waals surface area contributed by atoms with E-state index in [-0.39, 0.29) is 0 Å². The molecule has 1 aromatic heterocycles. The average molecular weight is 416 g/mol. The molecule has 0 N–H and O–H groups in total. The standard InChI is InChI=1S/C27H17N2OP/c30-31-25-11-5-3-9-21(25)20-15-16-28-17-24(20)29(31)27-19-8-2-1-7-18(19)13-14-23(27)22-10-4-6-12-26(22)31/h1-17H. The lowest BCUT2D eigenvalue weighted by atomic mass is 9.96. The molecule has 0 saturated heterocycles. The molecular weight excluding hydrogens is 399 g/mol. The van der Waals surface area contributed by atoms with Crippen molar-refractivity contribution in [2.75, 3.05) is 4.67 Å². The van der Waals surface area contributed by atoms with Crippen LogP contribution in [0.1, 0.15) is 0 Å². The lowest BCUT2D eigenvalue weighted by Gasteiger charge is -2.44. The summed E-state index contributed by atoms with van der Waals surface area (Å²) in [5, 5.41) is 4.01. The number of anilines is 2. The van der Waals surface area contributed by atoms with Crippen molar-refractivity contribution in [3.63, 3.8) is 0 Å². The van der Waals surface area contributed by atoms with E-state index in [1.165, 1.54) is 0 Å². The molecule has 0 fully saturated rings. The maximum absolute atomic E-state index is 15.3. The fourth-order valence-electron chi connectivity index (χ4n) is 5.17. The van der Waals surface area contributed by atoms with E-state index in [1.54, 1.807) is 0 Å². The van der Waals surface area contributed by atoms with Crippen LogP contribution in [0.2, 0.25) is 0 Å². The second kappa shape index (κ2) is 5.94. The van der Waals surface area contributed by atoms with Crippen molar-refractivity contribution in [2.24, 2.45) is 0 Å². The van der Waals surface area contributed by atoms with Crippen molar-refractivity contribution >= 4 is 40.0 Å². The third-order valence-corrected chi connectivity index (χ3v) is 9.53. The maximum atomic E-state index is 15.3. The second-order valence-electron chi connectivity index (χ2n) is 8.00. The third kappa shape index (κ3) is 2.04. The number of pyridine rings is 1. The Balaban J connectivity index is 1.74. The van der Waals surface area contributed by atoms with E-state index in [0.29, 0.717) is 0 Å². The summed E-state index contributed by atoms with van der Waals surface area (Å²) in [4.78, 5) is 4.44. The number of hydrogen-bond acceptors (Lipinski definition) is 2. The van der Waals surface area contributed by atoms with E-state index in [4.69, 9.17) is 0 Å². The molecule has 1 atom stereocenters. The Hall–Kier alpha value is -3.68. The normalized spacial score (nSPS) is 17.9. The van der Waals surface area contributed by atoms with Gasteiger partial charge in [-0.1, -0.05) is 72.8 Å². The van der Waals surface area contributed by atoms with E-state index in [1.807, 2.05) is 60.9 Å². The summed E-state index contributed by atoms with van der Waals surface area (Å²) >= 11 is 0. The number of benzene rings is 4. The minimum absolute atomic E-state index is 0.889. The van der Waals surface area contributed by atoms with Crippen molar-refractivity contribution < 1.29 is 4.57 Å². The third-order valence-electron chi connectivity index (χ3n) is 6.46. The first-order valence-electron chi connectivity index (χ1n) is 10.3. The van der Waals surface area contributed by atoms with Crippen molar-refractivity contribution in [3.8, 4) is 22.3 Å². The van der Waals surface area contributed by atoms with Crippen LogP contribution in [0.5, 0.6) is 0 Å². The van der Waals surface area contributed by atoms with Crippen LogP contribution < -0.4 is 15.3 Å². The smallest absolute Gasteiger partial charge is 0.235 e. The van der Waals surface area contributed by atoms with Crippen LogP contribution in [0, 0.1) is 0 Å². The first-order chi connectivity index (χ1) is 15.3. The van der Waals surface area contributed by atoms with Gasteiger partial charge in [0.25, 0.3) is 0 Å². The topological polar surface area (TPSA) is 33.2 Å². The number of nitrogens with zero attached hydrogens (tertiary/aromatic N) is 2. The zero-order chi connectivity index (χ0) is 20.6. The highest BCUT2D eigenvalue weighted by Crippen LogP contribution is 2.66. The van der Waals surface area contributed by atoms with E-state index < -0.39 is 7.29 Å². The van der Waals surface area contributed by atoms with Crippen LogP contribution in [0.15, 0.2) is 103 Å². The molecule has 4 heteroatoms. The van der Waals surface area contributed by atoms with Gasteiger partial charge in [-0.25, -0.2) is 0 Å². The van der Waals surface area contributed by atoms with E-state index in [0.717, 1.165) is 55.0 Å². The highest BCUT2D eigenvalue weighted by molar-refractivity contribution is 7.81. The van der Waals surface area contributed by atoms with Crippen molar-refractivity contribution in [1.82, 2.24) is 4.98 Å². The van der Waals surface area contributed by atoms with Gasteiger partial charge in [-0.2, -0.15) is 0 Å². The lowest BCUT2D eigenvalue weighted by molar-refractivity contribution is 0.586. The Morgan fingerprint density at radius 2 is 1.32 bits per heavy atom. The summed E-state index contributed by atoms with van der Waals surface area (Å²) in [6, 6.07) is 31.0. The van der Waals surface area contributed by atoms with Gasteiger partial charge in [0.1, 0.15) is 0 Å². The fourth-order valence-corrected chi connectivity index (χ4v) is 8.44. The maximum Gasteiger partial charge on any atom is 0.235 e. The molecule has 31 heavy (non-hydrogen) atoms. The number of hydrogen-bond donors (Lipinski definition) is 0. The summed E-state index contributed by atoms with van der Waals surface area (Å²) in [5.41, 5.74) is 6.15. The minimum Gasteiger partial charge on any atom is -0.289 e. The molecule has 0 amide bonds. The quantitative estimate of drug-likeness (QED) is 0.279. The molecule has 0 radical (unpaired) electrons. The minimum atomic E-state index is -3.17. The SMILES string of the molecule is O=P12c3ccccc3-c3ccncc3N1c1c(ccc3ccccc13)-c1ccccc12. The Kier molecular flexibility index (Phi) is 3.26.